The van der Waals surface area contributed by atoms with Crippen molar-refractivity contribution in [1.29, 1.82) is 0 Å². The molecule has 280 valence electrons. The molecule has 12 heteroatoms. The van der Waals surface area contributed by atoms with Crippen molar-refractivity contribution in [3.8, 4) is 16.9 Å². The summed E-state index contributed by atoms with van der Waals surface area (Å²) >= 11 is 0. The predicted octanol–water partition coefficient (Wildman–Crippen LogP) is 4.12. The number of nitrogens with zero attached hydrogens (tertiary/aromatic N) is 4. The number of aromatic nitrogens is 2. The summed E-state index contributed by atoms with van der Waals surface area (Å²) in [6, 6.07) is 10.6. The molecule has 4 N–H and O–H groups in total. The number of aliphatic hydroxyl groups excluding tert-OH is 2. The van der Waals surface area contributed by atoms with E-state index in [-0.39, 0.29) is 43.0 Å². The molecule has 1 saturated heterocycles. The number of anilines is 1. The highest BCUT2D eigenvalue weighted by molar-refractivity contribution is 5.97. The van der Waals surface area contributed by atoms with E-state index in [4.69, 9.17) is 9.57 Å². The molecule has 3 saturated carbocycles. The second-order valence-corrected chi connectivity index (χ2v) is 15.7. The number of fused-ring (bicyclic) bond motifs is 2. The van der Waals surface area contributed by atoms with Crippen molar-refractivity contribution < 1.29 is 29.4 Å². The fourth-order valence-electron chi connectivity index (χ4n) is 8.77. The minimum atomic E-state index is -0.904. The van der Waals surface area contributed by atoms with Crippen LogP contribution in [0, 0.1) is 36.0 Å². The van der Waals surface area contributed by atoms with Gasteiger partial charge in [-0.05, 0) is 73.6 Å². The molecule has 3 aliphatic carbocycles. The van der Waals surface area contributed by atoms with Crippen LogP contribution in [-0.4, -0.2) is 89.2 Å². The third-order valence-electron chi connectivity index (χ3n) is 12.0. The summed E-state index contributed by atoms with van der Waals surface area (Å²) in [6.07, 6.45) is 3.78. The number of benzene rings is 2. The number of rotatable bonds is 12. The lowest BCUT2D eigenvalue weighted by Crippen LogP contribution is -2.62. The summed E-state index contributed by atoms with van der Waals surface area (Å²) in [5.41, 5.74) is 5.30. The van der Waals surface area contributed by atoms with Gasteiger partial charge in [-0.2, -0.15) is 5.06 Å². The highest BCUT2D eigenvalue weighted by atomic mass is 16.7. The lowest BCUT2D eigenvalue weighted by Gasteiger charge is -2.62. The zero-order valence-corrected chi connectivity index (χ0v) is 31.6. The van der Waals surface area contributed by atoms with Gasteiger partial charge < -0.3 is 30.5 Å². The monoisotopic (exact) mass is 714 g/mol. The van der Waals surface area contributed by atoms with Crippen LogP contribution in [0.1, 0.15) is 67.8 Å². The van der Waals surface area contributed by atoms with Crippen LogP contribution in [-0.2, 0) is 22.7 Å². The van der Waals surface area contributed by atoms with Crippen molar-refractivity contribution in [1.82, 2.24) is 25.7 Å². The van der Waals surface area contributed by atoms with Gasteiger partial charge in [-0.15, -0.1) is 0 Å². The molecule has 7 rings (SSSR count). The minimum Gasteiger partial charge on any atom is -0.496 e. The van der Waals surface area contributed by atoms with Crippen LogP contribution in [0.25, 0.3) is 11.1 Å². The zero-order chi connectivity index (χ0) is 37.5. The maximum atomic E-state index is 14.2. The molecule has 2 bridgehead atoms. The van der Waals surface area contributed by atoms with E-state index in [0.29, 0.717) is 34.8 Å². The van der Waals surface area contributed by atoms with E-state index in [1.54, 1.807) is 31.5 Å². The average molecular weight is 715 g/mol. The Labute approximate surface area is 306 Å². The summed E-state index contributed by atoms with van der Waals surface area (Å²) < 4.78 is 6.04. The molecule has 52 heavy (non-hydrogen) atoms. The molecule has 0 radical (unpaired) electrons. The smallest absolute Gasteiger partial charge is 0.251 e. The number of hydroxylamine groups is 2. The number of amides is 2. The second-order valence-electron chi connectivity index (χ2n) is 15.7. The fraction of sp³-hybridized carbons (Fsp3) is 0.550. The molecule has 2 amide bonds. The number of methoxy groups -OCH3 is 1. The highest BCUT2D eigenvalue weighted by Crippen LogP contribution is 2.61. The summed E-state index contributed by atoms with van der Waals surface area (Å²) in [6.45, 7) is 10.4. The van der Waals surface area contributed by atoms with Gasteiger partial charge in [0, 0.05) is 54.6 Å². The Bertz CT molecular complexity index is 1760. The fourth-order valence-corrected chi connectivity index (χ4v) is 8.77. The van der Waals surface area contributed by atoms with Gasteiger partial charge in [-0.3, -0.25) is 24.4 Å². The van der Waals surface area contributed by atoms with Crippen molar-refractivity contribution in [2.75, 3.05) is 32.7 Å². The average Bonchev–Trinajstić information content (AvgIpc) is 3.50. The van der Waals surface area contributed by atoms with Gasteiger partial charge in [0.2, 0.25) is 5.91 Å². The Morgan fingerprint density at radius 3 is 2.54 bits per heavy atom. The van der Waals surface area contributed by atoms with Crippen molar-refractivity contribution in [3.05, 3.63) is 71.3 Å². The number of carbonyl (C=O) groups is 2. The second kappa shape index (κ2) is 15.1. The highest BCUT2D eigenvalue weighted by Gasteiger charge is 2.57. The van der Waals surface area contributed by atoms with Crippen LogP contribution < -0.4 is 20.3 Å². The summed E-state index contributed by atoms with van der Waals surface area (Å²) in [4.78, 5) is 44.5. The first-order valence-corrected chi connectivity index (χ1v) is 18.3. The number of hydrogen-bond acceptors (Lipinski definition) is 10. The van der Waals surface area contributed by atoms with E-state index in [9.17, 15) is 19.8 Å². The Morgan fingerprint density at radius 1 is 1.15 bits per heavy atom. The Kier molecular flexibility index (Phi) is 10.9. The number of carbonyl (C=O) groups excluding carboxylic acids is 2. The molecule has 0 unspecified atom stereocenters. The molecule has 1 aliphatic heterocycles. The van der Waals surface area contributed by atoms with Gasteiger partial charge in [0.25, 0.3) is 5.91 Å². The van der Waals surface area contributed by atoms with Gasteiger partial charge in [-0.25, -0.2) is 0 Å². The lowest BCUT2D eigenvalue weighted by molar-refractivity contribution is -0.183. The number of aryl methyl sites for hydroxylation is 1. The van der Waals surface area contributed by atoms with E-state index in [0.717, 1.165) is 34.5 Å². The zero-order valence-electron chi connectivity index (χ0n) is 31.6. The molecular formula is C40H54N6O6. The summed E-state index contributed by atoms with van der Waals surface area (Å²) in [5.74, 6) is 0.904. The van der Waals surface area contributed by atoms with Crippen molar-refractivity contribution in [3.63, 3.8) is 0 Å². The number of ether oxygens (including phenoxy) is 1. The Balaban J connectivity index is 1.27. The van der Waals surface area contributed by atoms with Crippen molar-refractivity contribution >= 4 is 17.5 Å². The van der Waals surface area contributed by atoms with Crippen molar-refractivity contribution in [2.45, 2.75) is 84.8 Å². The Morgan fingerprint density at radius 2 is 1.92 bits per heavy atom. The molecule has 0 spiro atoms. The maximum absolute atomic E-state index is 14.2. The molecule has 2 heterocycles. The molecule has 4 aliphatic rings. The third-order valence-corrected chi connectivity index (χ3v) is 12.0. The molecule has 4 fully saturated rings. The topological polar surface area (TPSA) is 149 Å². The number of hydrogen-bond donors (Lipinski definition) is 4. The van der Waals surface area contributed by atoms with Crippen LogP contribution in [0.15, 0.2) is 48.8 Å². The molecule has 8 atom stereocenters. The standard InChI is InChI=1S/C40H54N6O6/c1-22-17-42-29(18-41-22)19-43-38(49)27-12-26(13-30(14-27)45(6)7)31-11-9-10-25(37(31)51-8)20-46-36(35(24(3)48)34(21-47)52-46)39(50)44-33-16-28-15-32(23(33)2)40(28,4)5/h9-14,17-18,23-24,28,32-36,47-48H,15-16,19-21H2,1-8H3,(H,43,49)(H,44,50)/t23-,24-,28-,32-,33-,34-,35+,36-/m0/s1. The van der Waals surface area contributed by atoms with Gasteiger partial charge >= 0.3 is 0 Å². The molecule has 2 aromatic carbocycles. The van der Waals surface area contributed by atoms with Gasteiger partial charge in [0.1, 0.15) is 17.9 Å². The number of para-hydroxylation sites is 1. The Hall–Kier alpha value is -4.10. The quantitative estimate of drug-likeness (QED) is 0.216. The molecular weight excluding hydrogens is 660 g/mol. The van der Waals surface area contributed by atoms with Crippen LogP contribution in [0.2, 0.25) is 0 Å². The van der Waals surface area contributed by atoms with E-state index in [2.05, 4.69) is 41.4 Å². The molecule has 1 aromatic heterocycles. The number of aliphatic hydroxyl groups is 2. The first kappa shape index (κ1) is 37.7. The summed E-state index contributed by atoms with van der Waals surface area (Å²) in [5, 5.41) is 29.1. The SMILES string of the molecule is COc1c(CN2O[C@@H](CO)[C@@H]([C@H](C)O)[C@H]2C(=O)N[C@H]2C[C@@H]3C[C@@H]([C@@H]2C)C3(C)C)cccc1-c1cc(C(=O)NCc2cnc(C)cn2)cc(N(C)C)c1. The van der Waals surface area contributed by atoms with Gasteiger partial charge in [0.05, 0.1) is 50.5 Å². The molecule has 12 nitrogen and oxygen atoms in total. The lowest BCUT2D eigenvalue weighted by atomic mass is 9.45. The van der Waals surface area contributed by atoms with Crippen molar-refractivity contribution in [2.24, 2.45) is 29.1 Å². The summed E-state index contributed by atoms with van der Waals surface area (Å²) in [7, 11) is 5.43. The predicted molar refractivity (Wildman–Crippen MR) is 198 cm³/mol. The maximum Gasteiger partial charge on any atom is 0.251 e. The largest absolute Gasteiger partial charge is 0.496 e. The van der Waals surface area contributed by atoms with E-state index < -0.39 is 24.2 Å². The van der Waals surface area contributed by atoms with E-state index >= 15 is 0 Å². The van der Waals surface area contributed by atoms with Crippen LogP contribution >= 0.6 is 0 Å². The van der Waals surface area contributed by atoms with Crippen LogP contribution in [0.4, 0.5) is 5.69 Å². The van der Waals surface area contributed by atoms with Crippen LogP contribution in [0.5, 0.6) is 5.75 Å². The first-order valence-electron chi connectivity index (χ1n) is 18.3. The minimum absolute atomic E-state index is 0.0343. The van der Waals surface area contributed by atoms with E-state index in [1.807, 2.05) is 62.3 Å². The number of nitrogens with one attached hydrogen (secondary N) is 2. The van der Waals surface area contributed by atoms with Gasteiger partial charge in [-0.1, -0.05) is 39.0 Å². The normalized spacial score (nSPS) is 27.0. The van der Waals surface area contributed by atoms with Crippen LogP contribution in [0.3, 0.4) is 0 Å². The first-order chi connectivity index (χ1) is 24.7. The third kappa shape index (κ3) is 7.26. The van der Waals surface area contributed by atoms with Gasteiger partial charge in [0.15, 0.2) is 0 Å². The molecule has 3 aromatic rings. The van der Waals surface area contributed by atoms with E-state index in [1.165, 1.54) is 6.42 Å².